The fourth-order valence-corrected chi connectivity index (χ4v) is 1.71. The maximum absolute atomic E-state index is 13.3. The molecule has 0 fully saturated rings. The molecule has 1 heteroatoms. The van der Waals surface area contributed by atoms with Gasteiger partial charge in [-0.05, 0) is 29.9 Å². The van der Waals surface area contributed by atoms with Crippen molar-refractivity contribution in [1.82, 2.24) is 0 Å². The Morgan fingerprint density at radius 2 is 2.08 bits per heavy atom. The van der Waals surface area contributed by atoms with Crippen molar-refractivity contribution in [3.05, 3.63) is 23.0 Å². The molecule has 0 saturated carbocycles. The topological polar surface area (TPSA) is 0 Å². The first-order chi connectivity index (χ1) is 5.52. The van der Waals surface area contributed by atoms with E-state index in [1.54, 1.807) is 0 Å². The highest BCUT2D eigenvalue weighted by atomic mass is 19.1. The third-order valence-corrected chi connectivity index (χ3v) is 2.43. The molecule has 0 spiro atoms. The average Bonchev–Trinajstić information content (AvgIpc) is 1.96. The van der Waals surface area contributed by atoms with Crippen molar-refractivity contribution in [1.29, 1.82) is 0 Å². The fraction of sp³-hybridized carbons (Fsp3) is 0.636. The Balaban J connectivity index is 2.96. The van der Waals surface area contributed by atoms with Gasteiger partial charge in [0.05, 0.1) is 0 Å². The van der Waals surface area contributed by atoms with Crippen molar-refractivity contribution in [2.24, 2.45) is 11.8 Å². The van der Waals surface area contributed by atoms with E-state index in [9.17, 15) is 4.39 Å². The molecule has 0 aliphatic heterocycles. The zero-order chi connectivity index (χ0) is 9.30. The van der Waals surface area contributed by atoms with Crippen LogP contribution >= 0.6 is 0 Å². The van der Waals surface area contributed by atoms with Crippen molar-refractivity contribution in [2.45, 2.75) is 34.1 Å². The molecule has 0 amide bonds. The summed E-state index contributed by atoms with van der Waals surface area (Å²) in [7, 11) is 0. The predicted molar refractivity (Wildman–Crippen MR) is 50.5 cm³/mol. The first kappa shape index (κ1) is 9.50. The summed E-state index contributed by atoms with van der Waals surface area (Å²) in [5, 5.41) is 0. The summed E-state index contributed by atoms with van der Waals surface area (Å²) < 4.78 is 13.3. The van der Waals surface area contributed by atoms with Crippen LogP contribution in [0.15, 0.2) is 23.0 Å². The quantitative estimate of drug-likeness (QED) is 0.558. The largest absolute Gasteiger partial charge is 0.212 e. The highest BCUT2D eigenvalue weighted by molar-refractivity contribution is 5.36. The lowest BCUT2D eigenvalue weighted by Crippen LogP contribution is -2.07. The van der Waals surface area contributed by atoms with Crippen LogP contribution in [0.3, 0.4) is 0 Å². The normalized spacial score (nSPS) is 24.8. The molecule has 0 N–H and O–H groups in total. The summed E-state index contributed by atoms with van der Waals surface area (Å²) in [6.45, 7) is 8.17. The number of hydrogen-bond donors (Lipinski definition) is 0. The summed E-state index contributed by atoms with van der Waals surface area (Å²) in [6, 6.07) is 0. The van der Waals surface area contributed by atoms with Gasteiger partial charge < -0.3 is 0 Å². The van der Waals surface area contributed by atoms with Gasteiger partial charge in [0.1, 0.15) is 5.83 Å². The van der Waals surface area contributed by atoms with E-state index in [1.165, 1.54) is 5.57 Å². The fourth-order valence-electron chi connectivity index (χ4n) is 1.71. The number of hydrogen-bond acceptors (Lipinski definition) is 0. The van der Waals surface area contributed by atoms with E-state index in [1.807, 2.05) is 6.92 Å². The van der Waals surface area contributed by atoms with E-state index in [0.29, 0.717) is 18.3 Å². The molecule has 0 saturated heterocycles. The van der Waals surface area contributed by atoms with Gasteiger partial charge in [-0.3, -0.25) is 0 Å². The minimum atomic E-state index is 0.0775. The predicted octanol–water partition coefficient (Wildman–Crippen LogP) is 3.85. The van der Waals surface area contributed by atoms with Crippen LogP contribution in [0.1, 0.15) is 34.1 Å². The lowest BCUT2D eigenvalue weighted by Gasteiger charge is -2.21. The molecule has 1 aliphatic carbocycles. The van der Waals surface area contributed by atoms with Crippen molar-refractivity contribution in [2.75, 3.05) is 0 Å². The van der Waals surface area contributed by atoms with Crippen molar-refractivity contribution >= 4 is 0 Å². The van der Waals surface area contributed by atoms with Crippen LogP contribution in [0, 0.1) is 11.8 Å². The van der Waals surface area contributed by atoms with Gasteiger partial charge in [0, 0.05) is 6.42 Å². The Morgan fingerprint density at radius 3 is 2.58 bits per heavy atom. The van der Waals surface area contributed by atoms with Gasteiger partial charge in [-0.25, -0.2) is 4.39 Å². The van der Waals surface area contributed by atoms with Gasteiger partial charge >= 0.3 is 0 Å². The molecule has 0 aromatic rings. The van der Waals surface area contributed by atoms with Crippen LogP contribution in [-0.2, 0) is 0 Å². The molecule has 0 bridgehead atoms. The van der Waals surface area contributed by atoms with E-state index >= 15 is 0 Å². The summed E-state index contributed by atoms with van der Waals surface area (Å²) >= 11 is 0. The third kappa shape index (κ3) is 1.77. The second-order valence-electron chi connectivity index (χ2n) is 3.99. The van der Waals surface area contributed by atoms with Crippen LogP contribution < -0.4 is 0 Å². The van der Waals surface area contributed by atoms with E-state index in [2.05, 4.69) is 26.8 Å². The van der Waals surface area contributed by atoms with Crippen LogP contribution in [0.4, 0.5) is 4.39 Å². The highest BCUT2D eigenvalue weighted by Crippen LogP contribution is 2.32. The lowest BCUT2D eigenvalue weighted by atomic mass is 9.86. The molecule has 1 unspecified atom stereocenters. The molecular weight excluding hydrogens is 151 g/mol. The Bertz CT molecular complexity index is 233. The van der Waals surface area contributed by atoms with Gasteiger partial charge in [0.15, 0.2) is 0 Å². The van der Waals surface area contributed by atoms with Crippen LogP contribution in [0.2, 0.25) is 0 Å². The summed E-state index contributed by atoms with van der Waals surface area (Å²) in [4.78, 5) is 0. The van der Waals surface area contributed by atoms with Gasteiger partial charge in [0.2, 0.25) is 0 Å². The average molecular weight is 168 g/mol. The minimum absolute atomic E-state index is 0.0775. The highest BCUT2D eigenvalue weighted by Gasteiger charge is 2.18. The van der Waals surface area contributed by atoms with E-state index in [4.69, 9.17) is 0 Å². The van der Waals surface area contributed by atoms with Gasteiger partial charge in [0.25, 0.3) is 0 Å². The second kappa shape index (κ2) is 3.42. The molecule has 0 radical (unpaired) electrons. The molecular formula is C11H17F. The summed E-state index contributed by atoms with van der Waals surface area (Å²) in [6.07, 6.45) is 2.78. The van der Waals surface area contributed by atoms with Crippen molar-refractivity contribution in [3.63, 3.8) is 0 Å². The molecule has 0 aromatic heterocycles. The molecule has 1 rings (SSSR count). The standard InChI is InChI=1S/C11H17F/c1-7(2)10-5-8(3)6-11(12)9(10)4/h5,7-8H,6H2,1-4H3. The second-order valence-corrected chi connectivity index (χ2v) is 3.99. The molecule has 1 atom stereocenters. The first-order valence-electron chi connectivity index (χ1n) is 4.59. The molecule has 0 heterocycles. The molecule has 68 valence electrons. The zero-order valence-electron chi connectivity index (χ0n) is 8.32. The monoisotopic (exact) mass is 168 g/mol. The Morgan fingerprint density at radius 1 is 1.50 bits per heavy atom. The zero-order valence-corrected chi connectivity index (χ0v) is 8.32. The maximum atomic E-state index is 13.3. The summed E-state index contributed by atoms with van der Waals surface area (Å²) in [5.41, 5.74) is 2.05. The van der Waals surface area contributed by atoms with Gasteiger partial charge in [-0.15, -0.1) is 0 Å². The maximum Gasteiger partial charge on any atom is 0.104 e. The Labute approximate surface area is 74.2 Å². The number of allylic oxidation sites excluding steroid dienone is 4. The van der Waals surface area contributed by atoms with E-state index < -0.39 is 0 Å². The van der Waals surface area contributed by atoms with Crippen LogP contribution in [0.25, 0.3) is 0 Å². The smallest absolute Gasteiger partial charge is 0.104 e. The molecule has 0 nitrogen and oxygen atoms in total. The van der Waals surface area contributed by atoms with Crippen molar-refractivity contribution in [3.8, 4) is 0 Å². The molecule has 12 heavy (non-hydrogen) atoms. The van der Waals surface area contributed by atoms with Crippen LogP contribution in [0.5, 0.6) is 0 Å². The van der Waals surface area contributed by atoms with Crippen molar-refractivity contribution < 1.29 is 4.39 Å². The number of halogens is 1. The lowest BCUT2D eigenvalue weighted by molar-refractivity contribution is 0.513. The molecule has 0 aromatic carbocycles. The Hall–Kier alpha value is -0.590. The Kier molecular flexibility index (Phi) is 2.71. The first-order valence-corrected chi connectivity index (χ1v) is 4.59. The van der Waals surface area contributed by atoms with Gasteiger partial charge in [-0.1, -0.05) is 26.8 Å². The summed E-state index contributed by atoms with van der Waals surface area (Å²) in [5.74, 6) is 0.887. The van der Waals surface area contributed by atoms with Gasteiger partial charge in [-0.2, -0.15) is 0 Å². The van der Waals surface area contributed by atoms with Crippen LogP contribution in [-0.4, -0.2) is 0 Å². The number of rotatable bonds is 1. The molecule has 1 aliphatic rings. The SMILES string of the molecule is CC1=C(F)CC(C)C=C1C(C)C. The minimum Gasteiger partial charge on any atom is -0.212 e. The third-order valence-electron chi connectivity index (χ3n) is 2.43. The van der Waals surface area contributed by atoms with E-state index in [0.717, 1.165) is 5.57 Å². The van der Waals surface area contributed by atoms with E-state index in [-0.39, 0.29) is 5.83 Å².